The van der Waals surface area contributed by atoms with Gasteiger partial charge in [0, 0.05) is 31.6 Å². The van der Waals surface area contributed by atoms with Gasteiger partial charge in [-0.1, -0.05) is 12.1 Å². The van der Waals surface area contributed by atoms with Gasteiger partial charge in [-0.05, 0) is 19.4 Å². The molecule has 0 radical (unpaired) electrons. The van der Waals surface area contributed by atoms with Crippen LogP contribution in [0.15, 0.2) is 47.8 Å². The average molecular weight is 360 g/mol. The van der Waals surface area contributed by atoms with Crippen LogP contribution in [-0.2, 0) is 19.1 Å². The molecule has 1 heterocycles. The fraction of sp³-hybridized carbons (Fsp3) is 0.333. The Morgan fingerprint density at radius 1 is 1.12 bits per heavy atom. The number of ether oxygens (including phenoxy) is 2. The summed E-state index contributed by atoms with van der Waals surface area (Å²) in [6.45, 7) is 3.69. The Balaban J connectivity index is 2.58. The van der Waals surface area contributed by atoms with E-state index in [4.69, 9.17) is 9.47 Å². The van der Waals surface area contributed by atoms with Gasteiger partial charge in [0.2, 0.25) is 0 Å². The Kier molecular flexibility index (Phi) is 6.11. The number of rotatable bonds is 6. The normalized spacial score (nSPS) is 14.3. The molecule has 0 fully saturated rings. The molecule has 8 nitrogen and oxygen atoms in total. The largest absolute Gasteiger partial charge is 0.463 e. The van der Waals surface area contributed by atoms with Gasteiger partial charge in [0.1, 0.15) is 0 Å². The lowest BCUT2D eigenvalue weighted by Crippen LogP contribution is -2.28. The van der Waals surface area contributed by atoms with E-state index in [0.717, 1.165) is 0 Å². The van der Waals surface area contributed by atoms with E-state index >= 15 is 0 Å². The van der Waals surface area contributed by atoms with Crippen molar-refractivity contribution in [2.75, 3.05) is 20.3 Å². The first kappa shape index (κ1) is 19.2. The molecule has 0 bridgehead atoms. The number of benzene rings is 1. The highest BCUT2D eigenvalue weighted by Gasteiger charge is 2.35. The second kappa shape index (κ2) is 8.28. The highest BCUT2D eigenvalue weighted by molar-refractivity contribution is 5.98. The third kappa shape index (κ3) is 4.08. The van der Waals surface area contributed by atoms with Gasteiger partial charge in [0.15, 0.2) is 0 Å². The Hall–Kier alpha value is -3.16. The monoisotopic (exact) mass is 360 g/mol. The molecular formula is C18H20N2O6. The van der Waals surface area contributed by atoms with E-state index in [1.165, 1.54) is 18.2 Å². The molecular weight excluding hydrogens is 340 g/mol. The number of hydrogen-bond acceptors (Lipinski definition) is 7. The molecule has 1 aromatic rings. The molecule has 0 amide bonds. The van der Waals surface area contributed by atoms with E-state index in [-0.39, 0.29) is 30.0 Å². The highest BCUT2D eigenvalue weighted by Crippen LogP contribution is 2.37. The lowest BCUT2D eigenvalue weighted by Gasteiger charge is -2.28. The SMILES string of the molecule is CCOC(=O)C1=CN(C)C=C(C(=O)OCC)C1c1cccc([N+](=O)[O-])c1. The molecule has 2 rings (SSSR count). The number of nitrogens with zero attached hydrogens (tertiary/aromatic N) is 2. The molecule has 138 valence electrons. The lowest BCUT2D eigenvalue weighted by atomic mass is 9.83. The van der Waals surface area contributed by atoms with E-state index in [1.54, 1.807) is 44.3 Å². The van der Waals surface area contributed by atoms with Crippen LogP contribution in [0.4, 0.5) is 5.69 Å². The first-order valence-electron chi connectivity index (χ1n) is 8.13. The van der Waals surface area contributed by atoms with Crippen LogP contribution in [0, 0.1) is 10.1 Å². The number of nitro benzene ring substituents is 1. The summed E-state index contributed by atoms with van der Waals surface area (Å²) < 4.78 is 10.2. The Morgan fingerprint density at radius 2 is 1.65 bits per heavy atom. The number of nitro groups is 1. The number of carbonyl (C=O) groups excluding carboxylic acids is 2. The molecule has 0 spiro atoms. The van der Waals surface area contributed by atoms with Gasteiger partial charge >= 0.3 is 11.9 Å². The molecule has 0 N–H and O–H groups in total. The smallest absolute Gasteiger partial charge is 0.336 e. The minimum Gasteiger partial charge on any atom is -0.463 e. The van der Waals surface area contributed by atoms with Crippen molar-refractivity contribution in [3.63, 3.8) is 0 Å². The minimum absolute atomic E-state index is 0.132. The second-order valence-electron chi connectivity index (χ2n) is 5.56. The average Bonchev–Trinajstić information content (AvgIpc) is 2.61. The summed E-state index contributed by atoms with van der Waals surface area (Å²) in [6.07, 6.45) is 3.09. The molecule has 0 saturated carbocycles. The van der Waals surface area contributed by atoms with Crippen LogP contribution in [0.3, 0.4) is 0 Å². The van der Waals surface area contributed by atoms with E-state index in [1.807, 2.05) is 0 Å². The standard InChI is InChI=1S/C18H20N2O6/c1-4-25-17(21)14-10-19(3)11-15(18(22)26-5-2)16(14)12-7-6-8-13(9-12)20(23)24/h6-11,16H,4-5H2,1-3H3. The topological polar surface area (TPSA) is 99.0 Å². The van der Waals surface area contributed by atoms with Crippen molar-refractivity contribution >= 4 is 17.6 Å². The molecule has 26 heavy (non-hydrogen) atoms. The number of non-ortho nitro benzene ring substituents is 1. The molecule has 0 atom stereocenters. The predicted octanol–water partition coefficient (Wildman–Crippen LogP) is 2.52. The van der Waals surface area contributed by atoms with Crippen LogP contribution < -0.4 is 0 Å². The fourth-order valence-corrected chi connectivity index (χ4v) is 2.74. The van der Waals surface area contributed by atoms with Crippen molar-refractivity contribution in [1.82, 2.24) is 4.90 Å². The van der Waals surface area contributed by atoms with Crippen molar-refractivity contribution < 1.29 is 24.0 Å². The molecule has 1 aliphatic rings. The van der Waals surface area contributed by atoms with Gasteiger partial charge in [0.05, 0.1) is 35.2 Å². The summed E-state index contributed by atoms with van der Waals surface area (Å²) >= 11 is 0. The maximum absolute atomic E-state index is 12.4. The quantitative estimate of drug-likeness (QED) is 0.436. The van der Waals surface area contributed by atoms with Gasteiger partial charge in [-0.15, -0.1) is 0 Å². The van der Waals surface area contributed by atoms with Crippen molar-refractivity contribution in [3.8, 4) is 0 Å². The number of esters is 2. The maximum atomic E-state index is 12.4. The first-order chi connectivity index (χ1) is 12.4. The molecule has 0 aliphatic carbocycles. The Morgan fingerprint density at radius 3 is 2.12 bits per heavy atom. The zero-order valence-electron chi connectivity index (χ0n) is 14.8. The van der Waals surface area contributed by atoms with Gasteiger partial charge in [0.25, 0.3) is 5.69 Å². The summed E-state index contributed by atoms with van der Waals surface area (Å²) in [5, 5.41) is 11.1. The fourth-order valence-electron chi connectivity index (χ4n) is 2.74. The van der Waals surface area contributed by atoms with Crippen LogP contribution >= 0.6 is 0 Å². The molecule has 0 unspecified atom stereocenters. The molecule has 0 saturated heterocycles. The van der Waals surface area contributed by atoms with Crippen LogP contribution in [0.2, 0.25) is 0 Å². The van der Waals surface area contributed by atoms with E-state index in [0.29, 0.717) is 5.56 Å². The lowest BCUT2D eigenvalue weighted by molar-refractivity contribution is -0.384. The van der Waals surface area contributed by atoms with Gasteiger partial charge in [-0.3, -0.25) is 10.1 Å². The van der Waals surface area contributed by atoms with Gasteiger partial charge in [-0.2, -0.15) is 0 Å². The molecule has 1 aliphatic heterocycles. The predicted molar refractivity (Wildman–Crippen MR) is 93.0 cm³/mol. The maximum Gasteiger partial charge on any atom is 0.336 e. The molecule has 8 heteroatoms. The van der Waals surface area contributed by atoms with Gasteiger partial charge < -0.3 is 14.4 Å². The number of hydrogen-bond donors (Lipinski definition) is 0. The third-order valence-corrected chi connectivity index (χ3v) is 3.74. The van der Waals surface area contributed by atoms with Gasteiger partial charge in [-0.25, -0.2) is 9.59 Å². The van der Waals surface area contributed by atoms with E-state index < -0.39 is 22.8 Å². The third-order valence-electron chi connectivity index (χ3n) is 3.74. The summed E-state index contributed by atoms with van der Waals surface area (Å²) in [4.78, 5) is 37.0. The summed E-state index contributed by atoms with van der Waals surface area (Å²) in [7, 11) is 1.67. The highest BCUT2D eigenvalue weighted by atomic mass is 16.6. The summed E-state index contributed by atoms with van der Waals surface area (Å²) in [5.74, 6) is -2.00. The Bertz CT molecular complexity index is 748. The van der Waals surface area contributed by atoms with E-state index in [2.05, 4.69) is 0 Å². The van der Waals surface area contributed by atoms with Crippen LogP contribution in [0.5, 0.6) is 0 Å². The van der Waals surface area contributed by atoms with Crippen LogP contribution in [-0.4, -0.2) is 42.0 Å². The first-order valence-corrected chi connectivity index (χ1v) is 8.13. The minimum atomic E-state index is -0.816. The molecule has 1 aromatic carbocycles. The second-order valence-corrected chi connectivity index (χ2v) is 5.56. The van der Waals surface area contributed by atoms with Crippen molar-refractivity contribution in [2.45, 2.75) is 19.8 Å². The Labute approximate surface area is 150 Å². The van der Waals surface area contributed by atoms with E-state index in [9.17, 15) is 19.7 Å². The molecule has 0 aromatic heterocycles. The summed E-state index contributed by atoms with van der Waals surface area (Å²) in [5.41, 5.74) is 0.722. The van der Waals surface area contributed by atoms with Crippen molar-refractivity contribution in [1.29, 1.82) is 0 Å². The summed E-state index contributed by atoms with van der Waals surface area (Å²) in [6, 6.07) is 5.83. The number of carbonyl (C=O) groups is 2. The van der Waals surface area contributed by atoms with Crippen LogP contribution in [0.25, 0.3) is 0 Å². The zero-order valence-corrected chi connectivity index (χ0v) is 14.8. The van der Waals surface area contributed by atoms with Crippen molar-refractivity contribution in [3.05, 3.63) is 63.5 Å². The van der Waals surface area contributed by atoms with Crippen LogP contribution in [0.1, 0.15) is 25.3 Å². The van der Waals surface area contributed by atoms with Crippen molar-refractivity contribution in [2.24, 2.45) is 0 Å². The zero-order chi connectivity index (χ0) is 19.3.